The van der Waals surface area contributed by atoms with Gasteiger partial charge in [0.1, 0.15) is 12.2 Å². The lowest BCUT2D eigenvalue weighted by atomic mass is 9.81. The van der Waals surface area contributed by atoms with Gasteiger partial charge in [0.15, 0.2) is 0 Å². The zero-order valence-corrected chi connectivity index (χ0v) is 14.3. The van der Waals surface area contributed by atoms with Crippen LogP contribution in [-0.2, 0) is 19.1 Å². The predicted octanol–water partition coefficient (Wildman–Crippen LogP) is 1.14. The Hall–Kier alpha value is -1.92. The molecule has 1 heterocycles. The third-order valence-corrected chi connectivity index (χ3v) is 5.71. The lowest BCUT2D eigenvalue weighted by molar-refractivity contribution is -0.158. The maximum absolute atomic E-state index is 12.2. The minimum Gasteiger partial charge on any atom is -0.461 e. The molecule has 0 radical (unpaired) electrons. The van der Waals surface area contributed by atoms with Crippen molar-refractivity contribution < 1.29 is 29.3 Å². The Morgan fingerprint density at radius 1 is 1.36 bits per heavy atom. The second-order valence-electron chi connectivity index (χ2n) is 7.30. The summed E-state index contributed by atoms with van der Waals surface area (Å²) in [6.45, 7) is 13.2. The number of carbonyl (C=O) groups is 2. The number of aliphatic hydroxyl groups is 2. The lowest BCUT2D eigenvalue weighted by Crippen LogP contribution is -2.37. The molecule has 1 aliphatic heterocycles. The lowest BCUT2D eigenvalue weighted by Gasteiger charge is -2.28. The van der Waals surface area contributed by atoms with Gasteiger partial charge < -0.3 is 19.7 Å². The van der Waals surface area contributed by atoms with Crippen molar-refractivity contribution in [3.63, 3.8) is 0 Å². The van der Waals surface area contributed by atoms with Gasteiger partial charge in [0, 0.05) is 17.9 Å². The molecule has 6 heteroatoms. The zero-order valence-electron chi connectivity index (χ0n) is 14.3. The van der Waals surface area contributed by atoms with Crippen LogP contribution in [0.5, 0.6) is 0 Å². The number of fused-ring (bicyclic) bond motifs is 3. The fraction of sp³-hybridized carbons (Fsp3) is 0.579. The van der Waals surface area contributed by atoms with Gasteiger partial charge in [-0.05, 0) is 24.8 Å². The first-order valence-electron chi connectivity index (χ1n) is 8.51. The average Bonchev–Trinajstić information content (AvgIpc) is 2.99. The zero-order chi connectivity index (χ0) is 18.5. The number of ether oxygens (including phenoxy) is 2. The average molecular weight is 348 g/mol. The first-order valence-corrected chi connectivity index (χ1v) is 8.51. The SMILES string of the molecule is C=C1C(=O)O[C@@H]2[C@H]3C(=C)[C@@H](O)C[C@H]3C(=C)C[C@H](OC(=O)C(C)CO)[C@@H]12. The third kappa shape index (κ3) is 2.83. The molecule has 7 atom stereocenters. The molecule has 0 aromatic heterocycles. The van der Waals surface area contributed by atoms with Crippen molar-refractivity contribution in [3.8, 4) is 0 Å². The monoisotopic (exact) mass is 348 g/mol. The summed E-state index contributed by atoms with van der Waals surface area (Å²) in [5, 5.41) is 19.4. The minimum atomic E-state index is -0.659. The molecule has 0 aromatic carbocycles. The highest BCUT2D eigenvalue weighted by molar-refractivity contribution is 5.91. The second-order valence-corrected chi connectivity index (χ2v) is 7.30. The molecular weight excluding hydrogens is 324 g/mol. The number of hydrogen-bond acceptors (Lipinski definition) is 6. The van der Waals surface area contributed by atoms with Crippen LogP contribution < -0.4 is 0 Å². The normalized spacial score (nSPS) is 38.7. The van der Waals surface area contributed by atoms with E-state index < -0.39 is 42.1 Å². The Kier molecular flexibility index (Phi) is 4.60. The predicted molar refractivity (Wildman–Crippen MR) is 89.1 cm³/mol. The molecule has 3 rings (SSSR count). The highest BCUT2D eigenvalue weighted by Gasteiger charge is 2.56. The first-order chi connectivity index (χ1) is 11.8. The summed E-state index contributed by atoms with van der Waals surface area (Å²) in [7, 11) is 0. The molecule has 1 saturated heterocycles. The van der Waals surface area contributed by atoms with Crippen molar-refractivity contribution >= 4 is 11.9 Å². The van der Waals surface area contributed by atoms with E-state index in [1.54, 1.807) is 6.92 Å². The molecule has 0 spiro atoms. The molecule has 6 nitrogen and oxygen atoms in total. The number of hydrogen-bond donors (Lipinski definition) is 2. The van der Waals surface area contributed by atoms with Crippen molar-refractivity contribution in [2.75, 3.05) is 6.61 Å². The summed E-state index contributed by atoms with van der Waals surface area (Å²) in [6.07, 6.45) is -1.02. The molecule has 25 heavy (non-hydrogen) atoms. The Labute approximate surface area is 146 Å². The fourth-order valence-corrected chi connectivity index (χ4v) is 4.21. The van der Waals surface area contributed by atoms with E-state index in [-0.39, 0.29) is 24.0 Å². The second kappa shape index (κ2) is 6.42. The van der Waals surface area contributed by atoms with E-state index in [0.717, 1.165) is 5.57 Å². The van der Waals surface area contributed by atoms with Crippen LogP contribution in [0.25, 0.3) is 0 Å². The summed E-state index contributed by atoms with van der Waals surface area (Å²) >= 11 is 0. The van der Waals surface area contributed by atoms with Crippen LogP contribution in [-0.4, -0.2) is 47.1 Å². The summed E-state index contributed by atoms with van der Waals surface area (Å²) in [5.74, 6) is -2.53. The number of esters is 2. The van der Waals surface area contributed by atoms with Gasteiger partial charge in [-0.25, -0.2) is 4.79 Å². The molecule has 2 saturated carbocycles. The largest absolute Gasteiger partial charge is 0.461 e. The van der Waals surface area contributed by atoms with Gasteiger partial charge >= 0.3 is 11.9 Å². The highest BCUT2D eigenvalue weighted by Crippen LogP contribution is 2.52. The van der Waals surface area contributed by atoms with Crippen molar-refractivity contribution in [1.82, 2.24) is 0 Å². The van der Waals surface area contributed by atoms with E-state index in [0.29, 0.717) is 18.4 Å². The molecule has 3 fully saturated rings. The molecule has 1 unspecified atom stereocenters. The van der Waals surface area contributed by atoms with Crippen LogP contribution in [0.3, 0.4) is 0 Å². The van der Waals surface area contributed by atoms with E-state index in [2.05, 4.69) is 19.7 Å². The summed E-state index contributed by atoms with van der Waals surface area (Å²) in [4.78, 5) is 24.3. The molecule has 136 valence electrons. The van der Waals surface area contributed by atoms with E-state index in [1.165, 1.54) is 0 Å². The van der Waals surface area contributed by atoms with Crippen LogP contribution in [0.15, 0.2) is 36.5 Å². The van der Waals surface area contributed by atoms with Crippen LogP contribution in [0.4, 0.5) is 0 Å². The fourth-order valence-electron chi connectivity index (χ4n) is 4.21. The summed E-state index contributed by atoms with van der Waals surface area (Å²) in [5.41, 5.74) is 1.73. The van der Waals surface area contributed by atoms with Gasteiger partial charge in [0.2, 0.25) is 0 Å². The standard InChI is InChI=1S/C19H24O6/c1-8-5-14(24-18(22)9(2)7-20)16-11(4)19(23)25-17(16)15-10(3)13(21)6-12(8)15/h9,12-17,20-21H,1,3-7H2,2H3/t9?,12-,13-,14-,15-,16+,17+/m0/s1. The summed E-state index contributed by atoms with van der Waals surface area (Å²) < 4.78 is 11.2. The van der Waals surface area contributed by atoms with Gasteiger partial charge in [-0.3, -0.25) is 4.79 Å². The number of rotatable bonds is 3. The topological polar surface area (TPSA) is 93.1 Å². The minimum absolute atomic E-state index is 0.0762. The van der Waals surface area contributed by atoms with Gasteiger partial charge in [-0.15, -0.1) is 0 Å². The third-order valence-electron chi connectivity index (χ3n) is 5.71. The maximum atomic E-state index is 12.2. The van der Waals surface area contributed by atoms with Crippen molar-refractivity contribution in [2.45, 2.75) is 38.1 Å². The molecular formula is C19H24O6. The van der Waals surface area contributed by atoms with E-state index in [4.69, 9.17) is 14.6 Å². The Balaban J connectivity index is 1.95. The van der Waals surface area contributed by atoms with Gasteiger partial charge in [-0.1, -0.05) is 25.3 Å². The van der Waals surface area contributed by atoms with Crippen LogP contribution in [0, 0.1) is 23.7 Å². The summed E-state index contributed by atoms with van der Waals surface area (Å²) in [6, 6.07) is 0. The Morgan fingerprint density at radius 3 is 2.68 bits per heavy atom. The van der Waals surface area contributed by atoms with Crippen LogP contribution >= 0.6 is 0 Å². The maximum Gasteiger partial charge on any atom is 0.334 e. The Morgan fingerprint density at radius 2 is 2.04 bits per heavy atom. The molecule has 2 aliphatic carbocycles. The molecule has 3 aliphatic rings. The quantitative estimate of drug-likeness (QED) is 0.451. The van der Waals surface area contributed by atoms with Gasteiger partial charge in [0.05, 0.1) is 24.5 Å². The van der Waals surface area contributed by atoms with Gasteiger partial charge in [-0.2, -0.15) is 0 Å². The first kappa shape index (κ1) is 17.9. The Bertz CT molecular complexity index is 650. The van der Waals surface area contributed by atoms with Crippen molar-refractivity contribution in [1.29, 1.82) is 0 Å². The van der Waals surface area contributed by atoms with Gasteiger partial charge in [0.25, 0.3) is 0 Å². The molecule has 0 amide bonds. The van der Waals surface area contributed by atoms with E-state index in [1.807, 2.05) is 0 Å². The number of carbonyl (C=O) groups excluding carboxylic acids is 2. The van der Waals surface area contributed by atoms with E-state index in [9.17, 15) is 14.7 Å². The molecule has 0 aromatic rings. The van der Waals surface area contributed by atoms with E-state index >= 15 is 0 Å². The van der Waals surface area contributed by atoms with Crippen molar-refractivity contribution in [2.24, 2.45) is 23.7 Å². The molecule has 0 bridgehead atoms. The van der Waals surface area contributed by atoms with Crippen molar-refractivity contribution in [3.05, 3.63) is 36.5 Å². The smallest absolute Gasteiger partial charge is 0.334 e. The van der Waals surface area contributed by atoms with Crippen LogP contribution in [0.1, 0.15) is 19.8 Å². The highest BCUT2D eigenvalue weighted by atomic mass is 16.6. The van der Waals surface area contributed by atoms with Crippen LogP contribution in [0.2, 0.25) is 0 Å². The molecule has 2 N–H and O–H groups in total. The number of aliphatic hydroxyl groups excluding tert-OH is 2.